The molecule has 4 heteroatoms. The molecule has 9 aromatic rings. The molecule has 0 saturated heterocycles. The molecule has 0 amide bonds. The maximum Gasteiger partial charge on any atom is 0.248 e. The number of benzene rings is 7. The lowest BCUT2D eigenvalue weighted by Crippen LogP contribution is -1.93. The lowest BCUT2D eigenvalue weighted by Gasteiger charge is -2.09. The molecule has 4 nitrogen and oxygen atoms in total. The largest absolute Gasteiger partial charge is 0.416 e. The highest BCUT2D eigenvalue weighted by Gasteiger charge is 2.15. The van der Waals surface area contributed by atoms with Crippen molar-refractivity contribution >= 4 is 32.6 Å². The van der Waals surface area contributed by atoms with E-state index in [9.17, 15) is 0 Å². The second-order valence-electron chi connectivity index (χ2n) is 11.6. The quantitative estimate of drug-likeness (QED) is 0.201. The second kappa shape index (κ2) is 10.7. The monoisotopic (exact) mass is 589 g/mol. The molecule has 0 saturated carbocycles. The molecule has 2 aromatic heterocycles. The molecule has 0 spiro atoms. The number of aromatic nitrogens is 3. The summed E-state index contributed by atoms with van der Waals surface area (Å²) in [5.74, 6) is 1.02. The lowest BCUT2D eigenvalue weighted by atomic mass is 9.98. The van der Waals surface area contributed by atoms with Gasteiger partial charge in [0.05, 0.1) is 11.0 Å². The summed E-state index contributed by atoms with van der Waals surface area (Å²) in [6.45, 7) is 0. The van der Waals surface area contributed by atoms with Crippen LogP contribution in [0, 0.1) is 0 Å². The molecule has 0 radical (unpaired) electrons. The van der Waals surface area contributed by atoms with Gasteiger partial charge in [0.1, 0.15) is 0 Å². The van der Waals surface area contributed by atoms with Gasteiger partial charge >= 0.3 is 0 Å². The third-order valence-electron chi connectivity index (χ3n) is 8.77. The zero-order valence-corrected chi connectivity index (χ0v) is 24.8. The Morgan fingerprint density at radius 2 is 0.848 bits per heavy atom. The molecule has 0 aliphatic carbocycles. The molecule has 216 valence electrons. The third-order valence-corrected chi connectivity index (χ3v) is 8.77. The van der Waals surface area contributed by atoms with E-state index in [0.29, 0.717) is 11.8 Å². The van der Waals surface area contributed by atoms with Gasteiger partial charge in [-0.1, -0.05) is 97.1 Å². The number of para-hydroxylation sites is 1. The first-order chi connectivity index (χ1) is 22.8. The zero-order valence-electron chi connectivity index (χ0n) is 24.8. The SMILES string of the molecule is c1ccc(-c2nnc(-c3ccc(-c4ccc5c(c4)c4cc(-c6ccc7ccccc7c6)ccc4n5-c4ccccc4)cc3)o2)cc1. The minimum atomic E-state index is 0.507. The van der Waals surface area contributed by atoms with Crippen molar-refractivity contribution < 1.29 is 4.42 Å². The van der Waals surface area contributed by atoms with E-state index in [0.717, 1.165) is 27.9 Å². The molecule has 0 N–H and O–H groups in total. The van der Waals surface area contributed by atoms with Crippen LogP contribution < -0.4 is 0 Å². The van der Waals surface area contributed by atoms with Crippen LogP contribution >= 0.6 is 0 Å². The summed E-state index contributed by atoms with van der Waals surface area (Å²) in [6, 6.07) is 57.6. The Morgan fingerprint density at radius 3 is 1.52 bits per heavy atom. The van der Waals surface area contributed by atoms with Gasteiger partial charge in [-0.2, -0.15) is 0 Å². The van der Waals surface area contributed by atoms with E-state index in [-0.39, 0.29) is 0 Å². The van der Waals surface area contributed by atoms with E-state index in [1.54, 1.807) is 0 Å². The number of hydrogen-bond donors (Lipinski definition) is 0. The van der Waals surface area contributed by atoms with Crippen LogP contribution in [0.25, 0.3) is 83.4 Å². The van der Waals surface area contributed by atoms with Gasteiger partial charge in [-0.15, -0.1) is 10.2 Å². The summed E-state index contributed by atoms with van der Waals surface area (Å²) in [5.41, 5.74) is 9.99. The van der Waals surface area contributed by atoms with Crippen LogP contribution in [-0.4, -0.2) is 14.8 Å². The Morgan fingerprint density at radius 1 is 0.370 bits per heavy atom. The minimum Gasteiger partial charge on any atom is -0.416 e. The first-order valence-electron chi connectivity index (χ1n) is 15.4. The predicted octanol–water partition coefficient (Wildman–Crippen LogP) is 11.0. The molecule has 0 aliphatic rings. The van der Waals surface area contributed by atoms with E-state index >= 15 is 0 Å². The second-order valence-corrected chi connectivity index (χ2v) is 11.6. The Balaban J connectivity index is 1.15. The highest BCUT2D eigenvalue weighted by molar-refractivity contribution is 6.11. The number of hydrogen-bond acceptors (Lipinski definition) is 3. The van der Waals surface area contributed by atoms with Crippen LogP contribution in [-0.2, 0) is 0 Å². The van der Waals surface area contributed by atoms with Crippen molar-refractivity contribution in [3.63, 3.8) is 0 Å². The molecular formula is C42H27N3O. The van der Waals surface area contributed by atoms with Crippen molar-refractivity contribution in [3.8, 4) is 50.8 Å². The fourth-order valence-electron chi connectivity index (χ4n) is 6.45. The van der Waals surface area contributed by atoms with Gasteiger partial charge in [0.25, 0.3) is 0 Å². The highest BCUT2D eigenvalue weighted by atomic mass is 16.4. The summed E-state index contributed by atoms with van der Waals surface area (Å²) < 4.78 is 8.36. The lowest BCUT2D eigenvalue weighted by molar-refractivity contribution is 0.584. The Bertz CT molecular complexity index is 2510. The number of fused-ring (bicyclic) bond motifs is 4. The van der Waals surface area contributed by atoms with Crippen LogP contribution in [0.3, 0.4) is 0 Å². The van der Waals surface area contributed by atoms with E-state index < -0.39 is 0 Å². The fourth-order valence-corrected chi connectivity index (χ4v) is 6.45. The smallest absolute Gasteiger partial charge is 0.248 e. The fraction of sp³-hybridized carbons (Fsp3) is 0. The van der Waals surface area contributed by atoms with Crippen LogP contribution in [0.5, 0.6) is 0 Å². The molecule has 46 heavy (non-hydrogen) atoms. The summed E-state index contributed by atoms with van der Waals surface area (Å²) in [5, 5.41) is 13.5. The minimum absolute atomic E-state index is 0.507. The molecule has 0 bridgehead atoms. The molecular weight excluding hydrogens is 562 g/mol. The van der Waals surface area contributed by atoms with Crippen LogP contribution in [0.15, 0.2) is 168 Å². The number of rotatable bonds is 5. The molecule has 0 unspecified atom stereocenters. The van der Waals surface area contributed by atoms with Crippen LogP contribution in [0.1, 0.15) is 0 Å². The topological polar surface area (TPSA) is 43.9 Å². The highest BCUT2D eigenvalue weighted by Crippen LogP contribution is 2.38. The molecule has 9 rings (SSSR count). The van der Waals surface area contributed by atoms with Crippen LogP contribution in [0.2, 0.25) is 0 Å². The first-order valence-corrected chi connectivity index (χ1v) is 15.4. The van der Waals surface area contributed by atoms with Gasteiger partial charge in [0, 0.05) is 27.6 Å². The summed E-state index contributed by atoms with van der Waals surface area (Å²) in [6.07, 6.45) is 0. The molecule has 7 aromatic carbocycles. The van der Waals surface area contributed by atoms with Gasteiger partial charge in [-0.3, -0.25) is 0 Å². The van der Waals surface area contributed by atoms with Crippen molar-refractivity contribution in [2.45, 2.75) is 0 Å². The average Bonchev–Trinajstić information content (AvgIpc) is 3.75. The van der Waals surface area contributed by atoms with Gasteiger partial charge in [-0.25, -0.2) is 0 Å². The normalized spacial score (nSPS) is 11.5. The average molecular weight is 590 g/mol. The van der Waals surface area contributed by atoms with E-state index in [2.05, 4.69) is 136 Å². The maximum atomic E-state index is 6.00. The van der Waals surface area contributed by atoms with Crippen molar-refractivity contribution in [1.29, 1.82) is 0 Å². The molecule has 0 atom stereocenters. The Labute approximate surface area is 265 Å². The molecule has 2 heterocycles. The van der Waals surface area contributed by atoms with Gasteiger partial charge in [-0.05, 0) is 99.8 Å². The van der Waals surface area contributed by atoms with E-state index in [1.165, 1.54) is 43.7 Å². The summed E-state index contributed by atoms with van der Waals surface area (Å²) in [7, 11) is 0. The van der Waals surface area contributed by atoms with Crippen molar-refractivity contribution in [1.82, 2.24) is 14.8 Å². The molecule has 0 aliphatic heterocycles. The van der Waals surface area contributed by atoms with Gasteiger partial charge in [0.2, 0.25) is 11.8 Å². The standard InChI is InChI=1S/C42H27N3O/c1-3-10-30(11-4-1)41-43-44-42(46-41)31-18-15-29(16-19-31)34-21-23-39-37(26-34)38-27-35(33-20-17-28-9-7-8-12-32(28)25-33)22-24-40(38)45(39)36-13-5-2-6-14-36/h1-27H. The molecule has 0 fully saturated rings. The Hall–Kier alpha value is -6.26. The maximum absolute atomic E-state index is 6.00. The first kappa shape index (κ1) is 26.2. The number of nitrogens with zero attached hydrogens (tertiary/aromatic N) is 3. The van der Waals surface area contributed by atoms with E-state index in [4.69, 9.17) is 4.42 Å². The Kier molecular flexibility index (Phi) is 6.10. The van der Waals surface area contributed by atoms with Crippen molar-refractivity contribution in [2.24, 2.45) is 0 Å². The van der Waals surface area contributed by atoms with Crippen molar-refractivity contribution in [2.75, 3.05) is 0 Å². The van der Waals surface area contributed by atoms with Gasteiger partial charge in [0.15, 0.2) is 0 Å². The van der Waals surface area contributed by atoms with Crippen molar-refractivity contribution in [3.05, 3.63) is 164 Å². The van der Waals surface area contributed by atoms with E-state index in [1.807, 2.05) is 42.5 Å². The van der Waals surface area contributed by atoms with Gasteiger partial charge < -0.3 is 8.98 Å². The van der Waals surface area contributed by atoms with Crippen LogP contribution in [0.4, 0.5) is 0 Å². The summed E-state index contributed by atoms with van der Waals surface area (Å²) in [4.78, 5) is 0. The zero-order chi connectivity index (χ0) is 30.5. The predicted molar refractivity (Wildman–Crippen MR) is 188 cm³/mol. The third kappa shape index (κ3) is 4.47. The summed E-state index contributed by atoms with van der Waals surface area (Å²) >= 11 is 0.